The second-order valence-electron chi connectivity index (χ2n) is 11.8. The summed E-state index contributed by atoms with van der Waals surface area (Å²) in [6.07, 6.45) is 30.5. The zero-order valence-electron chi connectivity index (χ0n) is 27.4. The molecule has 0 aliphatic heterocycles. The first-order chi connectivity index (χ1) is 18.8. The molecule has 0 heterocycles. The second kappa shape index (κ2) is 22.7. The summed E-state index contributed by atoms with van der Waals surface area (Å²) in [4.78, 5) is 0. The van der Waals surface area contributed by atoms with Gasteiger partial charge in [-0.3, -0.25) is 4.18 Å². The molecule has 0 aliphatic rings. The predicted octanol–water partition coefficient (Wildman–Crippen LogP) is 11.3. The van der Waals surface area contributed by atoms with E-state index in [1.54, 1.807) is 0 Å². The molecule has 3 nitrogen and oxygen atoms in total. The Hall–Kier alpha value is -1.91. The summed E-state index contributed by atoms with van der Waals surface area (Å²) < 4.78 is 26.8. The molecule has 0 fully saturated rings. The maximum atomic E-state index is 11.0. The molecule has 0 radical (unpaired) electrons. The maximum absolute atomic E-state index is 11.0. The smallest absolute Gasteiger partial charge is 0.264 e. The molecule has 0 saturated carbocycles. The Kier molecular flexibility index (Phi) is 21.7. The van der Waals surface area contributed by atoms with Gasteiger partial charge in [0, 0.05) is 0 Å². The lowest BCUT2D eigenvalue weighted by Gasteiger charge is -2.04. The van der Waals surface area contributed by atoms with Gasteiger partial charge < -0.3 is 0 Å². The van der Waals surface area contributed by atoms with Gasteiger partial charge >= 0.3 is 0 Å². The van der Waals surface area contributed by atoms with Crippen LogP contribution in [-0.4, -0.2) is 21.3 Å². The molecule has 0 aromatic heterocycles. The quantitative estimate of drug-likeness (QED) is 0.101. The maximum Gasteiger partial charge on any atom is 0.264 e. The van der Waals surface area contributed by atoms with Gasteiger partial charge in [0.05, 0.1) is 12.9 Å². The molecular formula is C36H60O3S. The molecule has 228 valence electrons. The lowest BCUT2D eigenvalue weighted by atomic mass is 10.0. The Morgan fingerprint density at radius 1 is 0.450 bits per heavy atom. The highest BCUT2D eigenvalue weighted by Gasteiger charge is 1.99. The van der Waals surface area contributed by atoms with Gasteiger partial charge in [0.2, 0.25) is 0 Å². The monoisotopic (exact) mass is 572 g/mol. The summed E-state index contributed by atoms with van der Waals surface area (Å²) >= 11 is 0. The van der Waals surface area contributed by atoms with E-state index in [9.17, 15) is 8.42 Å². The van der Waals surface area contributed by atoms with Crippen molar-refractivity contribution in [3.05, 3.63) is 81.5 Å². The van der Waals surface area contributed by atoms with Crippen LogP contribution in [-0.2, 0) is 14.3 Å². The van der Waals surface area contributed by atoms with Crippen LogP contribution >= 0.6 is 0 Å². The van der Waals surface area contributed by atoms with Crippen molar-refractivity contribution in [1.82, 2.24) is 0 Å². The summed E-state index contributed by atoms with van der Waals surface area (Å²) in [7, 11) is -3.37. The number of hydrogen-bond donors (Lipinski definition) is 0. The first-order valence-electron chi connectivity index (χ1n) is 15.2. The van der Waals surface area contributed by atoms with Crippen LogP contribution in [0.4, 0.5) is 0 Å². The highest BCUT2D eigenvalue weighted by molar-refractivity contribution is 7.85. The molecule has 0 aliphatic carbocycles. The van der Waals surface area contributed by atoms with Crippen molar-refractivity contribution >= 4 is 10.1 Å². The van der Waals surface area contributed by atoms with Gasteiger partial charge in [-0.05, 0) is 132 Å². The number of hydrogen-bond acceptors (Lipinski definition) is 3. The average molecular weight is 573 g/mol. The molecule has 0 atom stereocenters. The van der Waals surface area contributed by atoms with Gasteiger partial charge in [-0.2, -0.15) is 8.42 Å². The third-order valence-electron chi connectivity index (χ3n) is 6.96. The molecule has 4 heteroatoms. The predicted molar refractivity (Wildman–Crippen MR) is 178 cm³/mol. The van der Waals surface area contributed by atoms with Crippen LogP contribution in [0.1, 0.15) is 132 Å². The largest absolute Gasteiger partial charge is 0.266 e. The Labute approximate surface area is 249 Å². The topological polar surface area (TPSA) is 43.4 Å². The van der Waals surface area contributed by atoms with E-state index in [4.69, 9.17) is 4.18 Å². The zero-order chi connectivity index (χ0) is 30.4. The van der Waals surface area contributed by atoms with Crippen molar-refractivity contribution < 1.29 is 12.6 Å². The summed E-state index contributed by atoms with van der Waals surface area (Å²) in [5, 5.41) is 0. The Bertz CT molecular complexity index is 1040. The van der Waals surface area contributed by atoms with E-state index in [1.807, 2.05) is 13.0 Å². The molecule has 0 rings (SSSR count). The molecule has 40 heavy (non-hydrogen) atoms. The molecule has 0 amide bonds. The van der Waals surface area contributed by atoms with Crippen LogP contribution in [0.25, 0.3) is 0 Å². The highest BCUT2D eigenvalue weighted by atomic mass is 32.2. The Balaban J connectivity index is 4.19. The number of allylic oxidation sites excluding steroid dienone is 13. The zero-order valence-corrected chi connectivity index (χ0v) is 28.2. The van der Waals surface area contributed by atoms with E-state index in [2.05, 4.69) is 84.9 Å². The molecular weight excluding hydrogens is 512 g/mol. The lowest BCUT2D eigenvalue weighted by Crippen LogP contribution is -2.02. The molecule has 0 N–H and O–H groups in total. The van der Waals surface area contributed by atoms with Crippen LogP contribution in [0.15, 0.2) is 81.5 Å². The minimum Gasteiger partial charge on any atom is -0.266 e. The van der Waals surface area contributed by atoms with Crippen molar-refractivity contribution in [2.24, 2.45) is 0 Å². The van der Waals surface area contributed by atoms with E-state index in [-0.39, 0.29) is 6.61 Å². The van der Waals surface area contributed by atoms with E-state index in [0.717, 1.165) is 76.0 Å². The molecule has 0 spiro atoms. The van der Waals surface area contributed by atoms with Crippen LogP contribution in [0.2, 0.25) is 0 Å². The van der Waals surface area contributed by atoms with Crippen molar-refractivity contribution in [2.75, 3.05) is 12.9 Å². The number of rotatable bonds is 21. The molecule has 0 unspecified atom stereocenters. The fourth-order valence-electron chi connectivity index (χ4n) is 4.23. The van der Waals surface area contributed by atoms with E-state index < -0.39 is 10.1 Å². The first-order valence-corrected chi connectivity index (χ1v) is 17.0. The van der Waals surface area contributed by atoms with Crippen molar-refractivity contribution in [3.8, 4) is 0 Å². The Morgan fingerprint density at radius 2 is 0.700 bits per heavy atom. The fraction of sp³-hybridized carbons (Fsp3) is 0.611. The second-order valence-corrected chi connectivity index (χ2v) is 13.4. The molecule has 0 bridgehead atoms. The third kappa shape index (κ3) is 26.3. The minimum atomic E-state index is -3.37. The van der Waals surface area contributed by atoms with Gasteiger partial charge in [-0.1, -0.05) is 81.5 Å². The summed E-state index contributed by atoms with van der Waals surface area (Å²) in [5.41, 5.74) is 9.97. The van der Waals surface area contributed by atoms with E-state index >= 15 is 0 Å². The highest BCUT2D eigenvalue weighted by Crippen LogP contribution is 2.16. The van der Waals surface area contributed by atoms with Crippen molar-refractivity contribution in [3.63, 3.8) is 0 Å². The standard InChI is InChI=1S/C36H60O3S/c1-30(2)16-10-17-31(3)18-11-19-32(4)20-12-21-33(5)22-13-23-34(6)24-14-25-35(7)26-15-27-36(8)28-29-39-40(9,37)38/h16,18,20,22,24,26,28H,10-15,17,19,21,23,25,27,29H2,1-9H3/b31-18?,32-20?,33-22?,34-24+,35-26?,36-28+. The molecule has 0 aromatic rings. The van der Waals surface area contributed by atoms with Gasteiger partial charge in [0.25, 0.3) is 10.1 Å². The van der Waals surface area contributed by atoms with Gasteiger partial charge in [0.1, 0.15) is 0 Å². The average Bonchev–Trinajstić information content (AvgIpc) is 2.83. The SMILES string of the molecule is CC(C)=CCCC(C)=CCCC(C)=CCCC(C)=CCC/C(C)=C/CCC(C)=CCC/C(C)=C/COS(C)(=O)=O. The fourth-order valence-corrected chi connectivity index (χ4v) is 4.55. The van der Waals surface area contributed by atoms with Gasteiger partial charge in [0.15, 0.2) is 0 Å². The first kappa shape index (κ1) is 38.1. The minimum absolute atomic E-state index is 0.123. The van der Waals surface area contributed by atoms with Crippen molar-refractivity contribution in [1.29, 1.82) is 0 Å². The van der Waals surface area contributed by atoms with Crippen LogP contribution in [0.3, 0.4) is 0 Å². The normalized spacial score (nSPS) is 14.6. The van der Waals surface area contributed by atoms with Crippen molar-refractivity contribution in [2.45, 2.75) is 132 Å². The molecule has 0 saturated heterocycles. The van der Waals surface area contributed by atoms with Crippen LogP contribution in [0, 0.1) is 0 Å². The Morgan fingerprint density at radius 3 is 0.950 bits per heavy atom. The van der Waals surface area contributed by atoms with Gasteiger partial charge in [-0.25, -0.2) is 0 Å². The van der Waals surface area contributed by atoms with E-state index in [1.165, 1.54) is 46.3 Å². The summed E-state index contributed by atoms with van der Waals surface area (Å²) in [5.74, 6) is 0. The van der Waals surface area contributed by atoms with E-state index in [0.29, 0.717) is 0 Å². The summed E-state index contributed by atoms with van der Waals surface area (Å²) in [6.45, 7) is 17.7. The third-order valence-corrected chi connectivity index (χ3v) is 7.53. The van der Waals surface area contributed by atoms with Crippen LogP contribution < -0.4 is 0 Å². The van der Waals surface area contributed by atoms with Crippen LogP contribution in [0.5, 0.6) is 0 Å². The lowest BCUT2D eigenvalue weighted by molar-refractivity contribution is 0.360. The summed E-state index contributed by atoms with van der Waals surface area (Å²) in [6, 6.07) is 0. The van der Waals surface area contributed by atoms with Gasteiger partial charge in [-0.15, -0.1) is 0 Å². The molecule has 0 aromatic carbocycles.